The van der Waals surface area contributed by atoms with Crippen LogP contribution in [-0.2, 0) is 6.42 Å². The fourth-order valence-electron chi connectivity index (χ4n) is 1.61. The maximum absolute atomic E-state index is 12.0. The Hall–Kier alpha value is -1.12. The lowest BCUT2D eigenvalue weighted by atomic mass is 10.0. The van der Waals surface area contributed by atoms with Gasteiger partial charge in [-0.3, -0.25) is 4.79 Å². The minimum Gasteiger partial charge on any atom is -0.294 e. The highest BCUT2D eigenvalue weighted by Crippen LogP contribution is 2.18. The van der Waals surface area contributed by atoms with E-state index in [-0.39, 0.29) is 5.78 Å². The fraction of sp³-hybridized carbons (Fsp3) is 0.0714. The summed E-state index contributed by atoms with van der Waals surface area (Å²) in [7, 11) is 0. The van der Waals surface area contributed by atoms with E-state index in [2.05, 4.69) is 15.9 Å². The summed E-state index contributed by atoms with van der Waals surface area (Å²) in [6.07, 6.45) is 0.364. The maximum Gasteiger partial charge on any atom is 0.168 e. The van der Waals surface area contributed by atoms with E-state index in [1.54, 1.807) is 12.1 Å². The van der Waals surface area contributed by atoms with Crippen molar-refractivity contribution in [1.82, 2.24) is 0 Å². The minimum absolute atomic E-state index is 0.0358. The highest BCUT2D eigenvalue weighted by atomic mass is 79.9. The second-order valence-electron chi connectivity index (χ2n) is 3.71. The Labute approximate surface area is 114 Å². The zero-order valence-corrected chi connectivity index (χ0v) is 11.3. The van der Waals surface area contributed by atoms with Gasteiger partial charge in [0, 0.05) is 16.5 Å². The van der Waals surface area contributed by atoms with Crippen LogP contribution in [0.3, 0.4) is 0 Å². The first kappa shape index (κ1) is 12.3. The number of ketones is 1. The predicted molar refractivity (Wildman–Crippen MR) is 73.6 cm³/mol. The lowest BCUT2D eigenvalue weighted by molar-refractivity contribution is 0.0993. The lowest BCUT2D eigenvalue weighted by Gasteiger charge is -2.04. The molecule has 1 nitrogen and oxygen atoms in total. The Morgan fingerprint density at radius 2 is 1.88 bits per heavy atom. The van der Waals surface area contributed by atoms with Crippen molar-refractivity contribution in [3.05, 3.63) is 69.2 Å². The van der Waals surface area contributed by atoms with E-state index in [0.717, 1.165) is 10.0 Å². The molecule has 0 fully saturated rings. The second-order valence-corrected chi connectivity index (χ2v) is 5.03. The van der Waals surface area contributed by atoms with Gasteiger partial charge in [0.15, 0.2) is 5.78 Å². The van der Waals surface area contributed by atoms with E-state index in [0.29, 0.717) is 17.0 Å². The number of carbonyl (C=O) groups excluding carboxylic acids is 1. The first-order valence-corrected chi connectivity index (χ1v) is 6.36. The molecule has 0 heterocycles. The van der Waals surface area contributed by atoms with E-state index < -0.39 is 0 Å². The molecule has 0 aromatic heterocycles. The van der Waals surface area contributed by atoms with Crippen molar-refractivity contribution in [3.8, 4) is 0 Å². The van der Waals surface area contributed by atoms with E-state index in [1.807, 2.05) is 36.4 Å². The topological polar surface area (TPSA) is 17.1 Å². The Bertz CT molecular complexity index is 551. The van der Waals surface area contributed by atoms with Crippen molar-refractivity contribution >= 4 is 33.3 Å². The van der Waals surface area contributed by atoms with Gasteiger partial charge in [0.2, 0.25) is 0 Å². The monoisotopic (exact) mass is 308 g/mol. The second kappa shape index (κ2) is 5.48. The molecule has 17 heavy (non-hydrogen) atoms. The van der Waals surface area contributed by atoms with E-state index in [4.69, 9.17) is 11.6 Å². The number of halogens is 2. The normalized spacial score (nSPS) is 10.2. The van der Waals surface area contributed by atoms with Crippen LogP contribution >= 0.6 is 27.5 Å². The highest BCUT2D eigenvalue weighted by molar-refractivity contribution is 9.10. The summed E-state index contributed by atoms with van der Waals surface area (Å²) < 4.78 is 0.974. The van der Waals surface area contributed by atoms with Crippen molar-refractivity contribution in [1.29, 1.82) is 0 Å². The van der Waals surface area contributed by atoms with Gasteiger partial charge in [0.1, 0.15) is 0 Å². The average molecular weight is 310 g/mol. The Morgan fingerprint density at radius 1 is 1.12 bits per heavy atom. The van der Waals surface area contributed by atoms with Gasteiger partial charge in [-0.15, -0.1) is 0 Å². The summed E-state index contributed by atoms with van der Waals surface area (Å²) in [5.74, 6) is 0.0358. The largest absolute Gasteiger partial charge is 0.294 e. The van der Waals surface area contributed by atoms with Crippen LogP contribution in [0.4, 0.5) is 0 Å². The standard InChI is InChI=1S/C14H10BrClO/c15-11-5-3-4-10(8-11)9-14(17)12-6-1-2-7-13(12)16/h1-8H,9H2. The van der Waals surface area contributed by atoms with Gasteiger partial charge in [0.05, 0.1) is 5.02 Å². The molecule has 0 aliphatic carbocycles. The molecule has 3 heteroatoms. The van der Waals surface area contributed by atoms with Crippen molar-refractivity contribution < 1.29 is 4.79 Å². The van der Waals surface area contributed by atoms with Gasteiger partial charge < -0.3 is 0 Å². The molecule has 0 unspecified atom stereocenters. The molecule has 0 saturated heterocycles. The number of Topliss-reactive ketones (excluding diaryl/α,β-unsaturated/α-hetero) is 1. The van der Waals surface area contributed by atoms with Crippen molar-refractivity contribution in [2.45, 2.75) is 6.42 Å². The van der Waals surface area contributed by atoms with Crippen molar-refractivity contribution in [2.75, 3.05) is 0 Å². The Morgan fingerprint density at radius 3 is 2.59 bits per heavy atom. The van der Waals surface area contributed by atoms with Crippen LogP contribution in [-0.4, -0.2) is 5.78 Å². The van der Waals surface area contributed by atoms with Crippen LogP contribution in [0.5, 0.6) is 0 Å². The summed E-state index contributed by atoms with van der Waals surface area (Å²) in [4.78, 5) is 12.0. The first-order chi connectivity index (χ1) is 8.16. The van der Waals surface area contributed by atoms with E-state index in [1.165, 1.54) is 0 Å². The van der Waals surface area contributed by atoms with Crippen LogP contribution in [0, 0.1) is 0 Å². The molecule has 0 amide bonds. The molecule has 86 valence electrons. The fourth-order valence-corrected chi connectivity index (χ4v) is 2.30. The molecule has 0 spiro atoms. The molecule has 0 atom stereocenters. The van der Waals surface area contributed by atoms with Crippen LogP contribution in [0.25, 0.3) is 0 Å². The summed E-state index contributed by atoms with van der Waals surface area (Å²) in [5.41, 5.74) is 1.55. The molecule has 2 aromatic carbocycles. The predicted octanol–water partition coefficient (Wildman–Crippen LogP) is 4.53. The summed E-state index contributed by atoms with van der Waals surface area (Å²) in [6.45, 7) is 0. The molecule has 0 radical (unpaired) electrons. The van der Waals surface area contributed by atoms with Gasteiger partial charge in [-0.2, -0.15) is 0 Å². The van der Waals surface area contributed by atoms with Gasteiger partial charge in [-0.25, -0.2) is 0 Å². The molecule has 2 rings (SSSR count). The number of benzene rings is 2. The third-order valence-corrected chi connectivity index (χ3v) is 3.25. The van der Waals surface area contributed by atoms with Crippen molar-refractivity contribution in [3.63, 3.8) is 0 Å². The summed E-state index contributed by atoms with van der Waals surface area (Å²) >= 11 is 9.37. The van der Waals surface area contributed by atoms with Crippen LogP contribution in [0.15, 0.2) is 53.0 Å². The highest BCUT2D eigenvalue weighted by Gasteiger charge is 2.10. The Kier molecular flexibility index (Phi) is 3.97. The lowest BCUT2D eigenvalue weighted by Crippen LogP contribution is -2.04. The zero-order valence-electron chi connectivity index (χ0n) is 8.99. The summed E-state index contributed by atoms with van der Waals surface area (Å²) in [5, 5.41) is 0.507. The first-order valence-electron chi connectivity index (χ1n) is 5.19. The van der Waals surface area contributed by atoms with Crippen molar-refractivity contribution in [2.24, 2.45) is 0 Å². The quantitative estimate of drug-likeness (QED) is 0.761. The van der Waals surface area contributed by atoms with E-state index in [9.17, 15) is 4.79 Å². The van der Waals surface area contributed by atoms with Crippen LogP contribution in [0.2, 0.25) is 5.02 Å². The molecular weight excluding hydrogens is 300 g/mol. The van der Waals surface area contributed by atoms with Gasteiger partial charge in [-0.05, 0) is 29.8 Å². The van der Waals surface area contributed by atoms with Gasteiger partial charge in [0.25, 0.3) is 0 Å². The number of hydrogen-bond donors (Lipinski definition) is 0. The average Bonchev–Trinajstić information content (AvgIpc) is 2.29. The minimum atomic E-state index is 0.0358. The van der Waals surface area contributed by atoms with Gasteiger partial charge >= 0.3 is 0 Å². The molecule has 2 aromatic rings. The van der Waals surface area contributed by atoms with Crippen LogP contribution < -0.4 is 0 Å². The molecule has 0 saturated carbocycles. The molecule has 0 aliphatic rings. The molecule has 0 bridgehead atoms. The Balaban J connectivity index is 2.20. The van der Waals surface area contributed by atoms with Crippen LogP contribution in [0.1, 0.15) is 15.9 Å². The maximum atomic E-state index is 12.0. The molecular formula is C14H10BrClO. The number of hydrogen-bond acceptors (Lipinski definition) is 1. The third-order valence-electron chi connectivity index (χ3n) is 2.43. The summed E-state index contributed by atoms with van der Waals surface area (Å²) in [6, 6.07) is 14.8. The third kappa shape index (κ3) is 3.18. The van der Waals surface area contributed by atoms with Gasteiger partial charge in [-0.1, -0.05) is 51.8 Å². The molecule has 0 aliphatic heterocycles. The number of carbonyl (C=O) groups is 1. The number of rotatable bonds is 3. The smallest absolute Gasteiger partial charge is 0.168 e. The zero-order chi connectivity index (χ0) is 12.3. The van der Waals surface area contributed by atoms with E-state index >= 15 is 0 Å². The SMILES string of the molecule is O=C(Cc1cccc(Br)c1)c1ccccc1Cl. The molecule has 0 N–H and O–H groups in total.